The minimum absolute atomic E-state index is 0.181. The number of rotatable bonds is 9. The molecule has 0 atom stereocenters. The van der Waals surface area contributed by atoms with E-state index in [9.17, 15) is 4.79 Å². The first-order valence-electron chi connectivity index (χ1n) is 9.75. The van der Waals surface area contributed by atoms with Gasteiger partial charge in [-0.3, -0.25) is 4.79 Å². The van der Waals surface area contributed by atoms with E-state index in [4.69, 9.17) is 10.2 Å². The van der Waals surface area contributed by atoms with E-state index in [0.29, 0.717) is 19.5 Å². The van der Waals surface area contributed by atoms with Gasteiger partial charge in [-0.1, -0.05) is 49.4 Å². The van der Waals surface area contributed by atoms with Crippen molar-refractivity contribution < 1.29 is 9.90 Å². The van der Waals surface area contributed by atoms with Gasteiger partial charge in [0.15, 0.2) is 0 Å². The molecule has 1 heterocycles. The molecule has 0 saturated heterocycles. The molecule has 0 spiro atoms. The maximum absolute atomic E-state index is 10.7. The molecule has 3 aromatic rings. The molecule has 3 rings (SSSR count). The number of hydrogen-bond acceptors (Lipinski definition) is 3. The van der Waals surface area contributed by atoms with Gasteiger partial charge in [0.25, 0.3) is 0 Å². The maximum atomic E-state index is 10.7. The first-order valence-corrected chi connectivity index (χ1v) is 9.75. The number of para-hydroxylation sites is 1. The summed E-state index contributed by atoms with van der Waals surface area (Å²) in [5, 5.41) is 17.0. The highest BCUT2D eigenvalue weighted by Gasteiger charge is 2.13. The Hall–Kier alpha value is -2.92. The Morgan fingerprint density at radius 2 is 1.89 bits per heavy atom. The lowest BCUT2D eigenvalue weighted by atomic mass is 10.0. The Morgan fingerprint density at radius 3 is 2.57 bits per heavy atom. The highest BCUT2D eigenvalue weighted by Crippen LogP contribution is 2.25. The van der Waals surface area contributed by atoms with E-state index in [2.05, 4.69) is 61.8 Å². The molecule has 2 N–H and O–H groups in total. The van der Waals surface area contributed by atoms with E-state index in [0.717, 1.165) is 28.9 Å². The van der Waals surface area contributed by atoms with Crippen LogP contribution < -0.4 is 5.32 Å². The highest BCUT2D eigenvalue weighted by atomic mass is 16.4. The largest absolute Gasteiger partial charge is 0.481 e. The molecule has 0 aliphatic rings. The summed E-state index contributed by atoms with van der Waals surface area (Å²) >= 11 is 0. The number of aromatic nitrogens is 2. The van der Waals surface area contributed by atoms with Crippen molar-refractivity contribution in [2.75, 3.05) is 6.54 Å². The molecular formula is C23H27N3O2. The van der Waals surface area contributed by atoms with Crippen LogP contribution in [0, 0.1) is 6.92 Å². The molecule has 0 saturated carbocycles. The summed E-state index contributed by atoms with van der Waals surface area (Å²) in [6, 6.07) is 16.7. The number of nitrogens with one attached hydrogen (secondary N) is 1. The number of carboxylic acids is 1. The lowest BCUT2D eigenvalue weighted by Gasteiger charge is -2.05. The van der Waals surface area contributed by atoms with Gasteiger partial charge >= 0.3 is 5.97 Å². The Labute approximate surface area is 166 Å². The number of nitrogens with zero attached hydrogens (tertiary/aromatic N) is 2. The Balaban J connectivity index is 1.86. The van der Waals surface area contributed by atoms with E-state index < -0.39 is 5.97 Å². The van der Waals surface area contributed by atoms with Crippen LogP contribution in [-0.2, 0) is 17.8 Å². The minimum atomic E-state index is -0.758. The van der Waals surface area contributed by atoms with Crippen molar-refractivity contribution >= 4 is 5.97 Å². The lowest BCUT2D eigenvalue weighted by Crippen LogP contribution is -2.15. The smallest absolute Gasteiger partial charge is 0.303 e. The Kier molecular flexibility index (Phi) is 6.61. The van der Waals surface area contributed by atoms with Gasteiger partial charge in [0.2, 0.25) is 0 Å². The molecule has 0 fully saturated rings. The molecule has 2 aromatic carbocycles. The zero-order valence-electron chi connectivity index (χ0n) is 16.5. The van der Waals surface area contributed by atoms with E-state index in [1.807, 2.05) is 16.8 Å². The van der Waals surface area contributed by atoms with Gasteiger partial charge < -0.3 is 10.4 Å². The third kappa shape index (κ3) is 4.87. The van der Waals surface area contributed by atoms with Crippen LogP contribution in [0.3, 0.4) is 0 Å². The van der Waals surface area contributed by atoms with Crippen LogP contribution in [0.15, 0.2) is 54.7 Å². The fourth-order valence-electron chi connectivity index (χ4n) is 3.21. The molecule has 0 aliphatic carbocycles. The van der Waals surface area contributed by atoms with Crippen molar-refractivity contribution in [2.24, 2.45) is 0 Å². The number of benzene rings is 2. The molecule has 0 bridgehead atoms. The van der Waals surface area contributed by atoms with Crippen molar-refractivity contribution in [3.63, 3.8) is 0 Å². The van der Waals surface area contributed by atoms with Crippen molar-refractivity contribution in [1.82, 2.24) is 15.1 Å². The monoisotopic (exact) mass is 377 g/mol. The molecule has 0 unspecified atom stereocenters. The minimum Gasteiger partial charge on any atom is -0.481 e. The first-order chi connectivity index (χ1) is 13.6. The number of hydrogen-bond donors (Lipinski definition) is 2. The molecule has 146 valence electrons. The Bertz CT molecular complexity index is 929. The zero-order chi connectivity index (χ0) is 19.9. The van der Waals surface area contributed by atoms with Crippen LogP contribution in [0.5, 0.6) is 0 Å². The molecule has 1 aromatic heterocycles. The third-order valence-electron chi connectivity index (χ3n) is 4.85. The summed E-state index contributed by atoms with van der Waals surface area (Å²) in [5.41, 5.74) is 6.67. The highest BCUT2D eigenvalue weighted by molar-refractivity contribution is 5.66. The lowest BCUT2D eigenvalue weighted by molar-refractivity contribution is -0.137. The molecule has 0 aliphatic heterocycles. The Morgan fingerprint density at radius 1 is 1.14 bits per heavy atom. The van der Waals surface area contributed by atoms with Gasteiger partial charge in [0.05, 0.1) is 11.4 Å². The summed E-state index contributed by atoms with van der Waals surface area (Å²) in [6.45, 7) is 5.54. The van der Waals surface area contributed by atoms with E-state index in [1.165, 1.54) is 11.1 Å². The predicted molar refractivity (Wildman–Crippen MR) is 112 cm³/mol. The standard InChI is InChI=1S/C23H27N3O2/c1-3-18-10-12-19(13-11-18)23-20(15-24-14-6-9-22(27)28)16-26(25-23)21-8-5-4-7-17(21)2/h4-5,7-8,10-13,16,24H,3,6,9,14-15H2,1-2H3,(H,27,28). The van der Waals surface area contributed by atoms with Gasteiger partial charge in [-0.05, 0) is 43.5 Å². The summed E-state index contributed by atoms with van der Waals surface area (Å²) in [6.07, 6.45) is 3.87. The van der Waals surface area contributed by atoms with Crippen LogP contribution >= 0.6 is 0 Å². The number of aliphatic carboxylic acids is 1. The van der Waals surface area contributed by atoms with Crippen LogP contribution in [0.4, 0.5) is 0 Å². The number of carbonyl (C=O) groups is 1. The number of aryl methyl sites for hydroxylation is 2. The van der Waals surface area contributed by atoms with Gasteiger partial charge in [-0.15, -0.1) is 0 Å². The van der Waals surface area contributed by atoms with E-state index >= 15 is 0 Å². The summed E-state index contributed by atoms with van der Waals surface area (Å²) in [7, 11) is 0. The molecule has 0 radical (unpaired) electrons. The van der Waals surface area contributed by atoms with Gasteiger partial charge in [0, 0.05) is 30.3 Å². The van der Waals surface area contributed by atoms with E-state index in [-0.39, 0.29) is 6.42 Å². The maximum Gasteiger partial charge on any atom is 0.303 e. The first kappa shape index (κ1) is 19.8. The quantitative estimate of drug-likeness (QED) is 0.544. The molecule has 5 heteroatoms. The average molecular weight is 377 g/mol. The van der Waals surface area contributed by atoms with Crippen molar-refractivity contribution in [1.29, 1.82) is 0 Å². The van der Waals surface area contributed by atoms with Gasteiger partial charge in [-0.25, -0.2) is 4.68 Å². The fraction of sp³-hybridized carbons (Fsp3) is 0.304. The number of carboxylic acid groups (broad SMARTS) is 1. The van der Waals surface area contributed by atoms with Gasteiger partial charge in [-0.2, -0.15) is 5.10 Å². The van der Waals surface area contributed by atoms with Crippen LogP contribution in [-0.4, -0.2) is 27.4 Å². The fourth-order valence-corrected chi connectivity index (χ4v) is 3.21. The molecule has 28 heavy (non-hydrogen) atoms. The van der Waals surface area contributed by atoms with Crippen LogP contribution in [0.2, 0.25) is 0 Å². The molecule has 5 nitrogen and oxygen atoms in total. The third-order valence-corrected chi connectivity index (χ3v) is 4.85. The predicted octanol–water partition coefficient (Wildman–Crippen LogP) is 4.36. The summed E-state index contributed by atoms with van der Waals surface area (Å²) in [5.74, 6) is -0.758. The van der Waals surface area contributed by atoms with Crippen LogP contribution in [0.25, 0.3) is 16.9 Å². The second-order valence-corrected chi connectivity index (χ2v) is 6.96. The van der Waals surface area contributed by atoms with E-state index in [1.54, 1.807) is 0 Å². The van der Waals surface area contributed by atoms with Gasteiger partial charge in [0.1, 0.15) is 0 Å². The molecular weight excluding hydrogens is 350 g/mol. The SMILES string of the molecule is CCc1ccc(-c2nn(-c3ccccc3C)cc2CNCCCC(=O)O)cc1. The van der Waals surface area contributed by atoms with Crippen molar-refractivity contribution in [2.45, 2.75) is 39.7 Å². The van der Waals surface area contributed by atoms with Crippen LogP contribution in [0.1, 0.15) is 36.5 Å². The van der Waals surface area contributed by atoms with Crippen molar-refractivity contribution in [3.05, 3.63) is 71.4 Å². The molecule has 0 amide bonds. The average Bonchev–Trinajstić information content (AvgIpc) is 3.12. The normalized spacial score (nSPS) is 10.9. The zero-order valence-corrected chi connectivity index (χ0v) is 16.5. The second kappa shape index (κ2) is 9.33. The summed E-state index contributed by atoms with van der Waals surface area (Å²) < 4.78 is 1.94. The topological polar surface area (TPSA) is 67.2 Å². The summed E-state index contributed by atoms with van der Waals surface area (Å²) in [4.78, 5) is 10.7. The van der Waals surface area contributed by atoms with Crippen molar-refractivity contribution in [3.8, 4) is 16.9 Å². The second-order valence-electron chi connectivity index (χ2n) is 6.96.